The van der Waals surface area contributed by atoms with Crippen molar-refractivity contribution in [2.75, 3.05) is 5.32 Å². The van der Waals surface area contributed by atoms with E-state index in [1.54, 1.807) is 0 Å². The zero-order valence-corrected chi connectivity index (χ0v) is 35.3. The van der Waals surface area contributed by atoms with Crippen molar-refractivity contribution in [3.05, 3.63) is 163 Å². The predicted octanol–water partition coefficient (Wildman–Crippen LogP) is 17.8. The number of benzene rings is 8. The molecule has 1 atom stereocenters. The summed E-state index contributed by atoms with van der Waals surface area (Å²) in [6.07, 6.45) is 5.27. The molecule has 0 aromatic heterocycles. The van der Waals surface area contributed by atoms with Gasteiger partial charge in [0.15, 0.2) is 0 Å². The molecular weight excluding hydrogens is 747 g/mol. The standard InChI is InChI=1S/C54H51N7/c1-35(2)37(4)55-49-29-30-51(44-12-6-5-11-43(44)49)58-59-53-33-34-54(48-16-10-9-15-47(48)53)61-60-52-32-31-50(45-13-7-8-14-46(45)52)57-56-42-27-25-41(26-28-42)40-23-21-39(22-24-40)38-19-17-36(3)18-20-38/h5-16,21-38,55H,17-20H2,1-4H3. The minimum Gasteiger partial charge on any atom is -0.382 e. The number of fused-ring (bicyclic) bond motifs is 3. The van der Waals surface area contributed by atoms with Crippen LogP contribution in [0.25, 0.3) is 43.4 Å². The van der Waals surface area contributed by atoms with Gasteiger partial charge in [-0.15, -0.1) is 25.6 Å². The van der Waals surface area contributed by atoms with Gasteiger partial charge < -0.3 is 5.32 Å². The molecule has 0 aliphatic heterocycles. The van der Waals surface area contributed by atoms with E-state index in [-0.39, 0.29) is 0 Å². The Morgan fingerprint density at radius 2 is 0.787 bits per heavy atom. The molecule has 8 aromatic carbocycles. The number of rotatable bonds is 11. The number of anilines is 1. The maximum atomic E-state index is 4.78. The Morgan fingerprint density at radius 1 is 0.410 bits per heavy atom. The molecule has 7 heteroatoms. The van der Waals surface area contributed by atoms with Gasteiger partial charge in [-0.05, 0) is 103 Å². The first kappa shape index (κ1) is 39.6. The predicted molar refractivity (Wildman–Crippen MR) is 255 cm³/mol. The molecule has 0 spiro atoms. The highest BCUT2D eigenvalue weighted by atomic mass is 15.1. The number of nitrogens with zero attached hydrogens (tertiary/aromatic N) is 6. The highest BCUT2D eigenvalue weighted by Crippen LogP contribution is 2.40. The van der Waals surface area contributed by atoms with Crippen molar-refractivity contribution in [2.24, 2.45) is 42.5 Å². The van der Waals surface area contributed by atoms with Crippen LogP contribution in [-0.4, -0.2) is 6.04 Å². The van der Waals surface area contributed by atoms with Gasteiger partial charge in [0.2, 0.25) is 0 Å². The summed E-state index contributed by atoms with van der Waals surface area (Å²) >= 11 is 0. The second kappa shape index (κ2) is 17.8. The van der Waals surface area contributed by atoms with Gasteiger partial charge in [0.05, 0.1) is 34.1 Å². The monoisotopic (exact) mass is 797 g/mol. The zero-order valence-electron chi connectivity index (χ0n) is 35.3. The lowest BCUT2D eigenvalue weighted by Gasteiger charge is -2.26. The van der Waals surface area contributed by atoms with Crippen LogP contribution in [0, 0.1) is 11.8 Å². The highest BCUT2D eigenvalue weighted by Gasteiger charge is 2.20. The van der Waals surface area contributed by atoms with E-state index >= 15 is 0 Å². The van der Waals surface area contributed by atoms with Gasteiger partial charge in [0.25, 0.3) is 0 Å². The summed E-state index contributed by atoms with van der Waals surface area (Å²) in [5.74, 6) is 2.07. The Hall–Kier alpha value is -6.86. The Morgan fingerprint density at radius 3 is 1.23 bits per heavy atom. The van der Waals surface area contributed by atoms with Crippen LogP contribution in [-0.2, 0) is 0 Å². The summed E-state index contributed by atoms with van der Waals surface area (Å²) < 4.78 is 0. The lowest BCUT2D eigenvalue weighted by Crippen LogP contribution is -2.21. The van der Waals surface area contributed by atoms with Gasteiger partial charge in [-0.2, -0.15) is 5.11 Å². The minimum absolute atomic E-state index is 0.339. The topological polar surface area (TPSA) is 86.2 Å². The average molecular weight is 798 g/mol. The van der Waals surface area contributed by atoms with Crippen molar-refractivity contribution in [3.63, 3.8) is 0 Å². The number of azo groups is 3. The Labute approximate surface area is 358 Å². The van der Waals surface area contributed by atoms with Gasteiger partial charge in [0.1, 0.15) is 0 Å². The van der Waals surface area contributed by atoms with Crippen LogP contribution >= 0.6 is 0 Å². The molecule has 0 amide bonds. The van der Waals surface area contributed by atoms with Gasteiger partial charge in [-0.25, -0.2) is 0 Å². The lowest BCUT2D eigenvalue weighted by molar-refractivity contribution is 0.348. The van der Waals surface area contributed by atoms with Crippen molar-refractivity contribution in [3.8, 4) is 11.1 Å². The number of hydrogen-bond donors (Lipinski definition) is 1. The largest absolute Gasteiger partial charge is 0.382 e. The Balaban J connectivity index is 0.926. The van der Waals surface area contributed by atoms with E-state index in [1.165, 1.54) is 42.4 Å². The molecule has 1 saturated carbocycles. The number of hydrogen-bond acceptors (Lipinski definition) is 7. The van der Waals surface area contributed by atoms with Crippen LogP contribution in [0.4, 0.5) is 39.8 Å². The van der Waals surface area contributed by atoms with Crippen LogP contribution in [0.1, 0.15) is 64.9 Å². The summed E-state index contributed by atoms with van der Waals surface area (Å²) in [6.45, 7) is 9.04. The first-order valence-corrected chi connectivity index (χ1v) is 21.7. The van der Waals surface area contributed by atoms with Gasteiger partial charge in [-0.1, -0.05) is 143 Å². The Kier molecular flexibility index (Phi) is 11.5. The summed E-state index contributed by atoms with van der Waals surface area (Å²) in [6, 6.07) is 54.4. The third-order valence-corrected chi connectivity index (χ3v) is 12.4. The van der Waals surface area contributed by atoms with Crippen molar-refractivity contribution in [2.45, 2.75) is 65.3 Å². The molecule has 0 bridgehead atoms. The summed E-state index contributed by atoms with van der Waals surface area (Å²) in [7, 11) is 0. The van der Waals surface area contributed by atoms with Crippen molar-refractivity contribution >= 4 is 72.1 Å². The van der Waals surface area contributed by atoms with Crippen LogP contribution in [0.3, 0.4) is 0 Å². The van der Waals surface area contributed by atoms with Crippen molar-refractivity contribution in [1.82, 2.24) is 0 Å². The van der Waals surface area contributed by atoms with Gasteiger partial charge in [-0.3, -0.25) is 0 Å². The minimum atomic E-state index is 0.339. The van der Waals surface area contributed by atoms with E-state index in [1.807, 2.05) is 72.8 Å². The maximum Gasteiger partial charge on any atom is 0.0936 e. The van der Waals surface area contributed by atoms with E-state index in [9.17, 15) is 0 Å². The second-order valence-corrected chi connectivity index (χ2v) is 16.9. The molecule has 0 saturated heterocycles. The summed E-state index contributed by atoms with van der Waals surface area (Å²) in [5.41, 5.74) is 9.63. The normalized spacial score (nSPS) is 16.5. The van der Waals surface area contributed by atoms with E-state index in [0.717, 1.165) is 78.0 Å². The van der Waals surface area contributed by atoms with Crippen molar-refractivity contribution < 1.29 is 0 Å². The third-order valence-electron chi connectivity index (χ3n) is 12.4. The molecule has 61 heavy (non-hydrogen) atoms. The first-order valence-electron chi connectivity index (χ1n) is 21.7. The zero-order chi connectivity index (χ0) is 41.7. The van der Waals surface area contributed by atoms with E-state index < -0.39 is 0 Å². The molecule has 8 aromatic rings. The molecule has 9 rings (SSSR count). The first-order chi connectivity index (χ1) is 29.9. The molecule has 1 unspecified atom stereocenters. The third kappa shape index (κ3) is 8.73. The molecule has 1 fully saturated rings. The molecule has 0 heterocycles. The molecule has 0 radical (unpaired) electrons. The van der Waals surface area contributed by atoms with Crippen LogP contribution in [0.5, 0.6) is 0 Å². The maximum absolute atomic E-state index is 4.78. The molecule has 302 valence electrons. The summed E-state index contributed by atoms with van der Waals surface area (Å²) in [5, 5.41) is 38.1. The molecule has 1 aliphatic rings. The van der Waals surface area contributed by atoms with Crippen molar-refractivity contribution in [1.29, 1.82) is 0 Å². The lowest BCUT2D eigenvalue weighted by atomic mass is 9.79. The van der Waals surface area contributed by atoms with Gasteiger partial charge >= 0.3 is 0 Å². The molecular formula is C54H51N7. The second-order valence-electron chi connectivity index (χ2n) is 16.9. The van der Waals surface area contributed by atoms with Crippen LogP contribution in [0.15, 0.2) is 188 Å². The fraction of sp³-hybridized carbons (Fsp3) is 0.222. The highest BCUT2D eigenvalue weighted by molar-refractivity contribution is 6.02. The molecule has 7 nitrogen and oxygen atoms in total. The average Bonchev–Trinajstić information content (AvgIpc) is 3.30. The quantitative estimate of drug-likeness (QED) is 0.130. The Bertz CT molecular complexity index is 2900. The fourth-order valence-electron chi connectivity index (χ4n) is 8.38. The van der Waals surface area contributed by atoms with E-state index in [0.29, 0.717) is 17.9 Å². The molecule has 1 N–H and O–H groups in total. The SMILES string of the molecule is CC1CCC(c2ccc(-c3ccc(N=Nc4ccc(N=Nc5ccc(N=Nc6ccc(NC(C)C(C)C)c7ccccc67)c6ccccc56)c5ccccc45)cc3)cc2)CC1. The van der Waals surface area contributed by atoms with Gasteiger partial charge in [0, 0.05) is 44.0 Å². The smallest absolute Gasteiger partial charge is 0.0936 e. The van der Waals surface area contributed by atoms with E-state index in [2.05, 4.69) is 123 Å². The number of nitrogens with one attached hydrogen (secondary N) is 1. The molecule has 1 aliphatic carbocycles. The van der Waals surface area contributed by atoms with Crippen LogP contribution in [0.2, 0.25) is 0 Å². The van der Waals surface area contributed by atoms with E-state index in [4.69, 9.17) is 25.6 Å². The fourth-order valence-corrected chi connectivity index (χ4v) is 8.38. The summed E-state index contributed by atoms with van der Waals surface area (Å²) in [4.78, 5) is 0. The van der Waals surface area contributed by atoms with Crippen LogP contribution < -0.4 is 5.32 Å².